The average molecular weight is 356 g/mol. The number of aryl methyl sites for hydroxylation is 1. The normalized spacial score (nSPS) is 14.0. The Morgan fingerprint density at radius 1 is 1.15 bits per heavy atom. The number of aromatic amines is 2. The Morgan fingerprint density at radius 3 is 2.46 bits per heavy atom. The number of likely N-dealkylation sites (tertiary alicyclic amines) is 1. The number of pyridine rings is 1. The van der Waals surface area contributed by atoms with Crippen LogP contribution in [0, 0.1) is 12.8 Å². The van der Waals surface area contributed by atoms with Gasteiger partial charge in [-0.1, -0.05) is 0 Å². The number of carbonyl (C=O) groups is 3. The van der Waals surface area contributed by atoms with Crippen molar-refractivity contribution in [2.24, 2.45) is 5.92 Å². The third-order valence-electron chi connectivity index (χ3n) is 4.33. The number of carbonyl (C=O) groups excluding carboxylic acids is 3. The summed E-state index contributed by atoms with van der Waals surface area (Å²) in [6, 6.07) is 6.08. The van der Waals surface area contributed by atoms with Crippen LogP contribution < -0.4 is 10.9 Å². The summed E-state index contributed by atoms with van der Waals surface area (Å²) in [5.74, 6) is -0.440. The third kappa shape index (κ3) is 3.74. The maximum absolute atomic E-state index is 12.4. The Bertz CT molecular complexity index is 921. The number of H-pyrrole nitrogens is 2. The number of Topliss-reactive ketones (excluding diaryl/α,β-unsaturated/α-hetero) is 1. The van der Waals surface area contributed by atoms with E-state index < -0.39 is 0 Å². The van der Waals surface area contributed by atoms with E-state index in [0.29, 0.717) is 42.3 Å². The monoisotopic (exact) mass is 356 g/mol. The zero-order valence-electron chi connectivity index (χ0n) is 14.6. The van der Waals surface area contributed by atoms with Crippen molar-refractivity contribution in [2.45, 2.75) is 13.8 Å². The predicted molar refractivity (Wildman–Crippen MR) is 94.3 cm³/mol. The molecule has 2 amide bonds. The molecule has 0 saturated carbocycles. The minimum absolute atomic E-state index is 0.132. The van der Waals surface area contributed by atoms with Gasteiger partial charge in [0.05, 0.1) is 5.69 Å². The molecule has 136 valence electrons. The Kier molecular flexibility index (Phi) is 4.75. The SMILES string of the molecule is CC(=O)c1ccc(C(=O)NCC2CN(C(=O)c3cc(C)[nH]c(=O)c3)C2)[nH]1. The van der Waals surface area contributed by atoms with E-state index in [-0.39, 0.29) is 29.1 Å². The molecule has 26 heavy (non-hydrogen) atoms. The highest BCUT2D eigenvalue weighted by molar-refractivity contribution is 5.97. The van der Waals surface area contributed by atoms with Crippen LogP contribution in [0.4, 0.5) is 0 Å². The lowest BCUT2D eigenvalue weighted by Crippen LogP contribution is -2.53. The topological polar surface area (TPSA) is 115 Å². The number of hydrogen-bond acceptors (Lipinski definition) is 4. The fourth-order valence-corrected chi connectivity index (χ4v) is 2.92. The van der Waals surface area contributed by atoms with Crippen LogP contribution in [0.1, 0.15) is 44.0 Å². The van der Waals surface area contributed by atoms with Crippen LogP contribution in [0.3, 0.4) is 0 Å². The van der Waals surface area contributed by atoms with Gasteiger partial charge < -0.3 is 20.2 Å². The van der Waals surface area contributed by atoms with Crippen molar-refractivity contribution in [2.75, 3.05) is 19.6 Å². The summed E-state index contributed by atoms with van der Waals surface area (Å²) in [5.41, 5.74) is 1.44. The molecule has 0 unspecified atom stereocenters. The molecule has 1 aliphatic heterocycles. The lowest BCUT2D eigenvalue weighted by Gasteiger charge is -2.39. The Balaban J connectivity index is 1.49. The summed E-state index contributed by atoms with van der Waals surface area (Å²) < 4.78 is 0. The van der Waals surface area contributed by atoms with Crippen LogP contribution in [0.5, 0.6) is 0 Å². The summed E-state index contributed by atoms with van der Waals surface area (Å²) in [4.78, 5) is 54.2. The highest BCUT2D eigenvalue weighted by Crippen LogP contribution is 2.18. The second kappa shape index (κ2) is 6.99. The van der Waals surface area contributed by atoms with Gasteiger partial charge in [-0.3, -0.25) is 19.2 Å². The molecule has 1 fully saturated rings. The molecule has 0 aromatic carbocycles. The molecule has 0 radical (unpaired) electrons. The smallest absolute Gasteiger partial charge is 0.267 e. The number of nitrogens with one attached hydrogen (secondary N) is 3. The van der Waals surface area contributed by atoms with E-state index in [1.54, 1.807) is 30.0 Å². The van der Waals surface area contributed by atoms with E-state index in [1.165, 1.54) is 13.0 Å². The van der Waals surface area contributed by atoms with Crippen molar-refractivity contribution in [1.82, 2.24) is 20.2 Å². The first kappa shape index (κ1) is 17.7. The first-order chi connectivity index (χ1) is 12.3. The van der Waals surface area contributed by atoms with E-state index in [1.807, 2.05) is 0 Å². The van der Waals surface area contributed by atoms with E-state index in [0.717, 1.165) is 0 Å². The Hall–Kier alpha value is -3.16. The fourth-order valence-electron chi connectivity index (χ4n) is 2.92. The van der Waals surface area contributed by atoms with Crippen molar-refractivity contribution in [3.8, 4) is 0 Å². The standard InChI is InChI=1S/C18H20N4O4/c1-10-5-13(6-16(24)20-10)18(26)22-8-12(9-22)7-19-17(25)15-4-3-14(21-15)11(2)23/h3-6,12,21H,7-9H2,1-2H3,(H,19,25)(H,20,24). The van der Waals surface area contributed by atoms with Gasteiger partial charge in [0.25, 0.3) is 11.8 Å². The zero-order valence-corrected chi connectivity index (χ0v) is 14.6. The van der Waals surface area contributed by atoms with Crippen LogP contribution in [0.2, 0.25) is 0 Å². The largest absolute Gasteiger partial charge is 0.350 e. The summed E-state index contributed by atoms with van der Waals surface area (Å²) in [6.07, 6.45) is 0. The van der Waals surface area contributed by atoms with Crippen molar-refractivity contribution >= 4 is 17.6 Å². The quantitative estimate of drug-likeness (QED) is 0.685. The lowest BCUT2D eigenvalue weighted by molar-refractivity contribution is 0.0497. The van der Waals surface area contributed by atoms with Crippen LogP contribution >= 0.6 is 0 Å². The lowest BCUT2D eigenvalue weighted by atomic mass is 9.98. The fraction of sp³-hybridized carbons (Fsp3) is 0.333. The van der Waals surface area contributed by atoms with E-state index in [2.05, 4.69) is 15.3 Å². The van der Waals surface area contributed by atoms with Gasteiger partial charge in [-0.25, -0.2) is 0 Å². The summed E-state index contributed by atoms with van der Waals surface area (Å²) in [5, 5.41) is 2.80. The number of ketones is 1. The van der Waals surface area contributed by atoms with Crippen molar-refractivity contribution in [1.29, 1.82) is 0 Å². The molecule has 8 nitrogen and oxygen atoms in total. The molecule has 2 aromatic heterocycles. The second-order valence-corrected chi connectivity index (χ2v) is 6.54. The van der Waals surface area contributed by atoms with Crippen LogP contribution in [0.15, 0.2) is 29.1 Å². The van der Waals surface area contributed by atoms with Crippen molar-refractivity contribution in [3.05, 3.63) is 57.3 Å². The molecule has 8 heteroatoms. The molecular weight excluding hydrogens is 336 g/mol. The maximum atomic E-state index is 12.4. The van der Waals surface area contributed by atoms with Gasteiger partial charge in [0.15, 0.2) is 5.78 Å². The molecule has 3 heterocycles. The maximum Gasteiger partial charge on any atom is 0.267 e. The van der Waals surface area contributed by atoms with Gasteiger partial charge in [-0.15, -0.1) is 0 Å². The minimum Gasteiger partial charge on any atom is -0.350 e. The first-order valence-electron chi connectivity index (χ1n) is 8.32. The Labute approximate surface area is 149 Å². The van der Waals surface area contributed by atoms with Gasteiger partial charge in [-0.05, 0) is 25.1 Å². The van der Waals surface area contributed by atoms with Crippen LogP contribution in [0.25, 0.3) is 0 Å². The van der Waals surface area contributed by atoms with Crippen LogP contribution in [-0.4, -0.2) is 52.1 Å². The number of hydrogen-bond donors (Lipinski definition) is 3. The van der Waals surface area contributed by atoms with Gasteiger partial charge >= 0.3 is 0 Å². The van der Waals surface area contributed by atoms with Gasteiger partial charge in [0.1, 0.15) is 5.69 Å². The molecule has 1 saturated heterocycles. The van der Waals surface area contributed by atoms with Crippen molar-refractivity contribution < 1.29 is 14.4 Å². The third-order valence-corrected chi connectivity index (χ3v) is 4.33. The van der Waals surface area contributed by atoms with Gasteiger partial charge in [0.2, 0.25) is 5.56 Å². The molecule has 0 atom stereocenters. The number of nitrogens with zero attached hydrogens (tertiary/aromatic N) is 1. The molecule has 0 aliphatic carbocycles. The van der Waals surface area contributed by atoms with Crippen LogP contribution in [-0.2, 0) is 0 Å². The van der Waals surface area contributed by atoms with Crippen molar-refractivity contribution in [3.63, 3.8) is 0 Å². The molecule has 3 N–H and O–H groups in total. The minimum atomic E-state index is -0.298. The van der Waals surface area contributed by atoms with E-state index in [9.17, 15) is 19.2 Å². The van der Waals surface area contributed by atoms with E-state index >= 15 is 0 Å². The number of rotatable bonds is 5. The number of aromatic nitrogens is 2. The highest BCUT2D eigenvalue weighted by atomic mass is 16.2. The highest BCUT2D eigenvalue weighted by Gasteiger charge is 2.31. The number of amides is 2. The Morgan fingerprint density at radius 2 is 1.85 bits per heavy atom. The summed E-state index contributed by atoms with van der Waals surface area (Å²) in [7, 11) is 0. The molecule has 1 aliphatic rings. The van der Waals surface area contributed by atoms with Gasteiger partial charge in [-0.2, -0.15) is 0 Å². The predicted octanol–water partition coefficient (Wildman–Crippen LogP) is 0.716. The summed E-state index contributed by atoms with van der Waals surface area (Å²) in [6.45, 7) is 4.63. The molecule has 0 bridgehead atoms. The molecule has 3 rings (SSSR count). The van der Waals surface area contributed by atoms with Gasteiger partial charge in [0, 0.05) is 49.8 Å². The first-order valence-corrected chi connectivity index (χ1v) is 8.32. The van der Waals surface area contributed by atoms with E-state index in [4.69, 9.17) is 0 Å². The zero-order chi connectivity index (χ0) is 18.8. The summed E-state index contributed by atoms with van der Waals surface area (Å²) >= 11 is 0. The average Bonchev–Trinajstić information content (AvgIpc) is 3.02. The molecular formula is C18H20N4O4. The second-order valence-electron chi connectivity index (χ2n) is 6.54. The molecule has 0 spiro atoms. The molecule has 2 aromatic rings.